The summed E-state index contributed by atoms with van der Waals surface area (Å²) in [6, 6.07) is 8.60. The molecule has 0 fully saturated rings. The highest BCUT2D eigenvalue weighted by atomic mass is 16.4. The van der Waals surface area contributed by atoms with Crippen LogP contribution in [0.25, 0.3) is 0 Å². The van der Waals surface area contributed by atoms with Crippen molar-refractivity contribution in [2.24, 2.45) is 0 Å². The van der Waals surface area contributed by atoms with Gasteiger partial charge in [-0.3, -0.25) is 4.79 Å². The summed E-state index contributed by atoms with van der Waals surface area (Å²) in [6.45, 7) is 7.60. The number of aromatic carboxylic acids is 1. The Hall–Kier alpha value is -2.62. The zero-order valence-electron chi connectivity index (χ0n) is 13.2. The Bertz CT molecular complexity index is 740. The largest absolute Gasteiger partial charge is 0.478 e. The third-order valence-electron chi connectivity index (χ3n) is 3.63. The summed E-state index contributed by atoms with van der Waals surface area (Å²) in [5.74, 6) is -1.16. The van der Waals surface area contributed by atoms with Gasteiger partial charge in [0.25, 0.3) is 5.91 Å². The lowest BCUT2D eigenvalue weighted by Crippen LogP contribution is -2.16. The molecule has 0 spiro atoms. The summed E-state index contributed by atoms with van der Waals surface area (Å²) < 4.78 is 0. The minimum Gasteiger partial charge on any atom is -0.478 e. The van der Waals surface area contributed by atoms with Gasteiger partial charge >= 0.3 is 5.97 Å². The van der Waals surface area contributed by atoms with E-state index in [1.54, 1.807) is 19.1 Å². The molecule has 0 radical (unpaired) electrons. The summed E-state index contributed by atoms with van der Waals surface area (Å²) in [4.78, 5) is 23.5. The number of benzene rings is 2. The Morgan fingerprint density at radius 1 is 0.909 bits per heavy atom. The van der Waals surface area contributed by atoms with Crippen LogP contribution in [0.5, 0.6) is 0 Å². The van der Waals surface area contributed by atoms with Gasteiger partial charge in [0.15, 0.2) is 0 Å². The fourth-order valence-corrected chi connectivity index (χ4v) is 2.66. The van der Waals surface area contributed by atoms with E-state index in [1.807, 2.05) is 32.9 Å². The number of rotatable bonds is 3. The monoisotopic (exact) mass is 297 g/mol. The van der Waals surface area contributed by atoms with Crippen molar-refractivity contribution >= 4 is 17.6 Å². The zero-order valence-corrected chi connectivity index (χ0v) is 13.2. The molecule has 0 aliphatic carbocycles. The number of carboxylic acids is 1. The second-order valence-corrected chi connectivity index (χ2v) is 5.56. The van der Waals surface area contributed by atoms with Crippen LogP contribution in [-0.4, -0.2) is 17.0 Å². The average molecular weight is 297 g/mol. The number of carboxylic acid groups (broad SMARTS) is 1. The molecule has 2 aromatic carbocycles. The van der Waals surface area contributed by atoms with Crippen molar-refractivity contribution in [3.8, 4) is 0 Å². The summed E-state index contributed by atoms with van der Waals surface area (Å²) in [6.07, 6.45) is 0. The minimum atomic E-state index is -0.980. The maximum Gasteiger partial charge on any atom is 0.335 e. The number of hydrogen-bond donors (Lipinski definition) is 2. The molecule has 0 aliphatic rings. The molecule has 0 aliphatic heterocycles. The van der Waals surface area contributed by atoms with E-state index in [9.17, 15) is 9.59 Å². The van der Waals surface area contributed by atoms with Crippen molar-refractivity contribution in [3.63, 3.8) is 0 Å². The lowest BCUT2D eigenvalue weighted by atomic mass is 9.99. The molecule has 0 atom stereocenters. The molecule has 4 heteroatoms. The summed E-state index contributed by atoms with van der Waals surface area (Å²) in [5, 5.41) is 11.8. The topological polar surface area (TPSA) is 66.4 Å². The van der Waals surface area contributed by atoms with Crippen LogP contribution < -0.4 is 5.32 Å². The molecule has 1 amide bonds. The van der Waals surface area contributed by atoms with Gasteiger partial charge in [-0.2, -0.15) is 0 Å². The Balaban J connectivity index is 2.32. The number of anilines is 1. The van der Waals surface area contributed by atoms with Gasteiger partial charge in [-0.1, -0.05) is 17.7 Å². The number of aryl methyl sites for hydroxylation is 4. The third kappa shape index (κ3) is 3.17. The zero-order chi connectivity index (χ0) is 16.4. The summed E-state index contributed by atoms with van der Waals surface area (Å²) in [7, 11) is 0. The maximum absolute atomic E-state index is 12.5. The van der Waals surface area contributed by atoms with Gasteiger partial charge in [-0.25, -0.2) is 4.79 Å². The first-order valence-corrected chi connectivity index (χ1v) is 7.02. The summed E-state index contributed by atoms with van der Waals surface area (Å²) >= 11 is 0. The average Bonchev–Trinajstić information content (AvgIpc) is 2.39. The number of hydrogen-bond acceptors (Lipinski definition) is 2. The molecule has 0 saturated heterocycles. The molecule has 22 heavy (non-hydrogen) atoms. The smallest absolute Gasteiger partial charge is 0.335 e. The number of carbonyl (C=O) groups is 2. The van der Waals surface area contributed by atoms with Crippen molar-refractivity contribution in [2.75, 3.05) is 5.32 Å². The highest BCUT2D eigenvalue weighted by Crippen LogP contribution is 2.21. The van der Waals surface area contributed by atoms with E-state index in [2.05, 4.69) is 5.32 Å². The van der Waals surface area contributed by atoms with Crippen LogP contribution in [0.1, 0.15) is 43.0 Å². The van der Waals surface area contributed by atoms with Crippen molar-refractivity contribution < 1.29 is 14.7 Å². The van der Waals surface area contributed by atoms with Gasteiger partial charge < -0.3 is 10.4 Å². The van der Waals surface area contributed by atoms with E-state index in [4.69, 9.17) is 5.11 Å². The molecule has 2 aromatic rings. The number of amides is 1. The first-order chi connectivity index (χ1) is 10.3. The maximum atomic E-state index is 12.5. The van der Waals surface area contributed by atoms with Crippen molar-refractivity contribution in [2.45, 2.75) is 27.7 Å². The molecule has 2 N–H and O–H groups in total. The van der Waals surface area contributed by atoms with E-state index in [1.165, 1.54) is 6.07 Å². The van der Waals surface area contributed by atoms with Crippen LogP contribution in [0.4, 0.5) is 5.69 Å². The molecule has 0 saturated carbocycles. The van der Waals surface area contributed by atoms with E-state index in [0.717, 1.165) is 22.3 Å². The van der Waals surface area contributed by atoms with Gasteiger partial charge in [-0.05, 0) is 62.6 Å². The lowest BCUT2D eigenvalue weighted by Gasteiger charge is -2.13. The standard InChI is InChI=1S/C18H19NO3/c1-10-7-12(3)16(13(4)8-10)17(20)19-15-6-5-14(18(21)22)9-11(15)2/h5-9H,1-4H3,(H,19,20)(H,21,22). The van der Waals surface area contributed by atoms with E-state index < -0.39 is 5.97 Å². The van der Waals surface area contributed by atoms with E-state index in [-0.39, 0.29) is 11.5 Å². The first-order valence-electron chi connectivity index (χ1n) is 7.02. The van der Waals surface area contributed by atoms with Gasteiger partial charge in [0.05, 0.1) is 5.56 Å². The molecule has 0 unspecified atom stereocenters. The van der Waals surface area contributed by atoms with Crippen LogP contribution in [0, 0.1) is 27.7 Å². The summed E-state index contributed by atoms with van der Waals surface area (Å²) in [5.41, 5.74) is 5.17. The minimum absolute atomic E-state index is 0.179. The van der Waals surface area contributed by atoms with Crippen LogP contribution >= 0.6 is 0 Å². The van der Waals surface area contributed by atoms with Gasteiger partial charge in [0.2, 0.25) is 0 Å². The van der Waals surface area contributed by atoms with Crippen molar-refractivity contribution in [3.05, 3.63) is 63.7 Å². The van der Waals surface area contributed by atoms with Crippen LogP contribution in [0.3, 0.4) is 0 Å². The quantitative estimate of drug-likeness (QED) is 0.903. The predicted molar refractivity (Wildman–Crippen MR) is 86.7 cm³/mol. The number of carbonyl (C=O) groups excluding carboxylic acids is 1. The fraction of sp³-hybridized carbons (Fsp3) is 0.222. The van der Waals surface area contributed by atoms with Gasteiger partial charge in [0, 0.05) is 11.3 Å². The van der Waals surface area contributed by atoms with Crippen LogP contribution in [0.15, 0.2) is 30.3 Å². The SMILES string of the molecule is Cc1cc(C)c(C(=O)Nc2ccc(C(=O)O)cc2C)c(C)c1. The second kappa shape index (κ2) is 6.02. The lowest BCUT2D eigenvalue weighted by molar-refractivity contribution is 0.0696. The molecule has 2 rings (SSSR count). The molecular formula is C18H19NO3. The molecule has 0 heterocycles. The molecule has 0 aromatic heterocycles. The molecule has 0 bridgehead atoms. The highest BCUT2D eigenvalue weighted by Gasteiger charge is 2.14. The molecular weight excluding hydrogens is 278 g/mol. The van der Waals surface area contributed by atoms with E-state index in [0.29, 0.717) is 11.3 Å². The van der Waals surface area contributed by atoms with Crippen LogP contribution in [0.2, 0.25) is 0 Å². The molecule has 114 valence electrons. The Morgan fingerprint density at radius 3 is 2.00 bits per heavy atom. The Kier molecular flexibility index (Phi) is 4.31. The predicted octanol–water partition coefficient (Wildman–Crippen LogP) is 3.87. The van der Waals surface area contributed by atoms with E-state index >= 15 is 0 Å². The third-order valence-corrected chi connectivity index (χ3v) is 3.63. The second-order valence-electron chi connectivity index (χ2n) is 5.56. The van der Waals surface area contributed by atoms with Gasteiger partial charge in [-0.15, -0.1) is 0 Å². The highest BCUT2D eigenvalue weighted by molar-refractivity contribution is 6.06. The fourth-order valence-electron chi connectivity index (χ4n) is 2.66. The van der Waals surface area contributed by atoms with Crippen LogP contribution in [-0.2, 0) is 0 Å². The Morgan fingerprint density at radius 2 is 1.50 bits per heavy atom. The molecule has 4 nitrogen and oxygen atoms in total. The van der Waals surface area contributed by atoms with Crippen molar-refractivity contribution in [1.29, 1.82) is 0 Å². The number of nitrogens with one attached hydrogen (secondary N) is 1. The van der Waals surface area contributed by atoms with Crippen molar-refractivity contribution in [1.82, 2.24) is 0 Å². The Labute approximate surface area is 129 Å². The van der Waals surface area contributed by atoms with Gasteiger partial charge in [0.1, 0.15) is 0 Å². The first kappa shape index (κ1) is 15.8. The normalized spacial score (nSPS) is 10.4.